The first-order valence-corrected chi connectivity index (χ1v) is 14.3. The number of hydrogen-bond acceptors (Lipinski definition) is 7. The number of aliphatic hydroxyl groups is 1. The number of fused-ring (bicyclic) bond motifs is 2. The van der Waals surface area contributed by atoms with Crippen LogP contribution in [0.4, 0.5) is 4.79 Å². The van der Waals surface area contributed by atoms with Gasteiger partial charge in [0.1, 0.15) is 17.2 Å². The summed E-state index contributed by atoms with van der Waals surface area (Å²) in [4.78, 5) is 19.0. The number of rotatable bonds is 4. The fourth-order valence-corrected chi connectivity index (χ4v) is 5.68. The summed E-state index contributed by atoms with van der Waals surface area (Å²) in [5.41, 5.74) is 7.23. The van der Waals surface area contributed by atoms with E-state index in [-0.39, 0.29) is 12.7 Å². The number of halogens is 1. The van der Waals surface area contributed by atoms with E-state index in [1.165, 1.54) is 0 Å². The van der Waals surface area contributed by atoms with Gasteiger partial charge < -0.3 is 19.2 Å². The van der Waals surface area contributed by atoms with Crippen LogP contribution in [0.3, 0.4) is 0 Å². The Morgan fingerprint density at radius 2 is 1.91 bits per heavy atom. The van der Waals surface area contributed by atoms with Crippen LogP contribution in [0, 0.1) is 18.3 Å². The average molecular weight is 596 g/mol. The van der Waals surface area contributed by atoms with Crippen LogP contribution in [0.2, 0.25) is 5.02 Å². The Morgan fingerprint density at radius 1 is 1.16 bits per heavy atom. The number of hydrogen-bond donors (Lipinski definition) is 1. The van der Waals surface area contributed by atoms with Gasteiger partial charge >= 0.3 is 6.09 Å². The third-order valence-electron chi connectivity index (χ3n) is 7.44. The van der Waals surface area contributed by atoms with Gasteiger partial charge in [-0.3, -0.25) is 0 Å². The second-order valence-electron chi connectivity index (χ2n) is 11.6. The minimum absolute atomic E-state index is 0.197. The SMILES string of the molecule is Cc1c(-c2nc3cc(CO)cc(C#N)c3o2)cccc1-c1cccc(-n2cc3c(n2)CCN(C(=O)OC(C)(C)C)C3)c1Cl. The van der Waals surface area contributed by atoms with Crippen LogP contribution >= 0.6 is 11.6 Å². The smallest absolute Gasteiger partial charge is 0.410 e. The highest BCUT2D eigenvalue weighted by Gasteiger charge is 2.28. The molecule has 2 aromatic heterocycles. The van der Waals surface area contributed by atoms with E-state index >= 15 is 0 Å². The molecule has 5 aromatic rings. The quantitative estimate of drug-likeness (QED) is 0.238. The third kappa shape index (κ3) is 5.36. The van der Waals surface area contributed by atoms with Crippen molar-refractivity contribution in [2.45, 2.75) is 52.9 Å². The van der Waals surface area contributed by atoms with Crippen LogP contribution in [0.5, 0.6) is 0 Å². The highest BCUT2D eigenvalue weighted by Crippen LogP contribution is 2.39. The maximum absolute atomic E-state index is 12.6. The summed E-state index contributed by atoms with van der Waals surface area (Å²) >= 11 is 7.06. The lowest BCUT2D eigenvalue weighted by Gasteiger charge is -2.29. The van der Waals surface area contributed by atoms with Crippen molar-refractivity contribution in [2.24, 2.45) is 0 Å². The van der Waals surface area contributed by atoms with Gasteiger partial charge in [0, 0.05) is 35.9 Å². The van der Waals surface area contributed by atoms with Crippen LogP contribution in [-0.4, -0.2) is 43.0 Å². The molecule has 43 heavy (non-hydrogen) atoms. The van der Waals surface area contributed by atoms with Crippen LogP contribution in [-0.2, 0) is 24.3 Å². The number of carbonyl (C=O) groups is 1. The molecule has 3 heterocycles. The molecule has 0 radical (unpaired) electrons. The first kappa shape index (κ1) is 28.5. The summed E-state index contributed by atoms with van der Waals surface area (Å²) < 4.78 is 13.4. The van der Waals surface area contributed by atoms with Gasteiger partial charge in [0.05, 0.1) is 35.1 Å². The van der Waals surface area contributed by atoms with E-state index < -0.39 is 5.60 Å². The Bertz CT molecular complexity index is 1930. The Labute approximate surface area is 253 Å². The van der Waals surface area contributed by atoms with Crippen molar-refractivity contribution in [1.82, 2.24) is 19.7 Å². The molecule has 1 N–H and O–H groups in total. The first-order chi connectivity index (χ1) is 20.6. The molecular formula is C33H30ClN5O4. The van der Waals surface area contributed by atoms with Crippen molar-refractivity contribution in [3.8, 4) is 34.3 Å². The second-order valence-corrected chi connectivity index (χ2v) is 12.0. The third-order valence-corrected chi connectivity index (χ3v) is 7.84. The molecule has 0 aliphatic carbocycles. The summed E-state index contributed by atoms with van der Waals surface area (Å²) in [5, 5.41) is 24.5. The maximum Gasteiger partial charge on any atom is 0.410 e. The van der Waals surface area contributed by atoms with Gasteiger partial charge in [-0.05, 0) is 68.7 Å². The van der Waals surface area contributed by atoms with Crippen molar-refractivity contribution < 1.29 is 19.1 Å². The van der Waals surface area contributed by atoms with Crippen molar-refractivity contribution in [3.63, 3.8) is 0 Å². The van der Waals surface area contributed by atoms with E-state index in [4.69, 9.17) is 25.9 Å². The zero-order valence-electron chi connectivity index (χ0n) is 24.3. The molecule has 1 amide bonds. The Balaban J connectivity index is 1.34. The van der Waals surface area contributed by atoms with Gasteiger partial charge in [-0.1, -0.05) is 35.9 Å². The van der Waals surface area contributed by atoms with Gasteiger partial charge in [-0.25, -0.2) is 14.5 Å². The number of amides is 1. The molecule has 218 valence electrons. The predicted molar refractivity (Wildman–Crippen MR) is 163 cm³/mol. The normalized spacial score (nSPS) is 13.2. The lowest BCUT2D eigenvalue weighted by Crippen LogP contribution is -2.39. The monoisotopic (exact) mass is 595 g/mol. The highest BCUT2D eigenvalue weighted by molar-refractivity contribution is 6.35. The summed E-state index contributed by atoms with van der Waals surface area (Å²) in [6, 6.07) is 17.1. The van der Waals surface area contributed by atoms with E-state index in [0.29, 0.717) is 52.7 Å². The largest absolute Gasteiger partial charge is 0.444 e. The second kappa shape index (κ2) is 10.9. The molecule has 1 aliphatic rings. The molecule has 0 spiro atoms. The summed E-state index contributed by atoms with van der Waals surface area (Å²) in [5.74, 6) is 0.377. The summed E-state index contributed by atoms with van der Waals surface area (Å²) in [6.45, 7) is 8.30. The number of nitriles is 1. The van der Waals surface area contributed by atoms with E-state index in [9.17, 15) is 15.2 Å². The van der Waals surface area contributed by atoms with Gasteiger partial charge in [0.15, 0.2) is 5.58 Å². The zero-order chi connectivity index (χ0) is 30.5. The average Bonchev–Trinajstić information content (AvgIpc) is 3.60. The number of aromatic nitrogens is 3. The van der Waals surface area contributed by atoms with Gasteiger partial charge in [-0.15, -0.1) is 0 Å². The lowest BCUT2D eigenvalue weighted by atomic mass is 9.96. The van der Waals surface area contributed by atoms with Crippen molar-refractivity contribution in [2.75, 3.05) is 6.54 Å². The van der Waals surface area contributed by atoms with Crippen LogP contribution in [0.25, 0.3) is 39.4 Å². The van der Waals surface area contributed by atoms with E-state index in [2.05, 4.69) is 11.1 Å². The van der Waals surface area contributed by atoms with Crippen LogP contribution < -0.4 is 0 Å². The summed E-state index contributed by atoms with van der Waals surface area (Å²) in [6.07, 6.45) is 2.21. The van der Waals surface area contributed by atoms with Gasteiger partial charge in [0.2, 0.25) is 5.89 Å². The molecule has 6 rings (SSSR count). The topological polar surface area (TPSA) is 117 Å². The molecule has 0 saturated heterocycles. The molecule has 0 atom stereocenters. The molecule has 0 bridgehead atoms. The van der Waals surface area contributed by atoms with Crippen molar-refractivity contribution >= 4 is 28.8 Å². The first-order valence-electron chi connectivity index (χ1n) is 14.0. The molecule has 0 saturated carbocycles. The number of carbonyl (C=O) groups excluding carboxylic acids is 1. The lowest BCUT2D eigenvalue weighted by molar-refractivity contribution is 0.0223. The molecule has 1 aliphatic heterocycles. The fraction of sp³-hybridized carbons (Fsp3) is 0.273. The number of nitrogens with zero attached hydrogens (tertiary/aromatic N) is 5. The van der Waals surface area contributed by atoms with Gasteiger partial charge in [0.25, 0.3) is 0 Å². The number of benzene rings is 3. The molecule has 0 unspecified atom stereocenters. The molecular weight excluding hydrogens is 566 g/mol. The molecule has 3 aromatic carbocycles. The molecule has 0 fully saturated rings. The highest BCUT2D eigenvalue weighted by atomic mass is 35.5. The van der Waals surface area contributed by atoms with Gasteiger partial charge in [-0.2, -0.15) is 10.4 Å². The number of ether oxygens (including phenoxy) is 1. The Hall–Kier alpha value is -4.65. The van der Waals surface area contributed by atoms with Crippen LogP contribution in [0.15, 0.2) is 59.1 Å². The maximum atomic E-state index is 12.6. The molecule has 9 nitrogen and oxygen atoms in total. The number of aliphatic hydroxyl groups excluding tert-OH is 1. The minimum Gasteiger partial charge on any atom is -0.444 e. The minimum atomic E-state index is -0.561. The van der Waals surface area contributed by atoms with E-state index in [0.717, 1.165) is 39.2 Å². The standard InChI is InChI=1S/C33H30ClN5O4/c1-19-23(7-5-8-24(19)31-36-27-14-20(18-40)13-21(15-35)30(27)42-31)25-9-6-10-28(29(25)34)39-17-22-16-38(12-11-26(22)37-39)32(41)43-33(2,3)4/h5-10,13-14,17,40H,11-12,16,18H2,1-4H3. The predicted octanol–water partition coefficient (Wildman–Crippen LogP) is 6.97. The number of oxazole rings is 1. The van der Waals surface area contributed by atoms with Crippen molar-refractivity contribution in [1.29, 1.82) is 5.26 Å². The van der Waals surface area contributed by atoms with Crippen molar-refractivity contribution in [3.05, 3.63) is 87.7 Å². The fourth-order valence-electron chi connectivity index (χ4n) is 5.36. The Morgan fingerprint density at radius 3 is 2.65 bits per heavy atom. The molecule has 10 heteroatoms. The zero-order valence-corrected chi connectivity index (χ0v) is 25.1. The van der Waals surface area contributed by atoms with Crippen LogP contribution in [0.1, 0.15) is 48.7 Å². The Kier molecular flexibility index (Phi) is 7.20. The van der Waals surface area contributed by atoms with E-state index in [1.54, 1.807) is 21.7 Å². The summed E-state index contributed by atoms with van der Waals surface area (Å²) in [7, 11) is 0. The van der Waals surface area contributed by atoms with E-state index in [1.807, 2.05) is 70.3 Å².